The Bertz CT molecular complexity index is 167. The lowest BCUT2D eigenvalue weighted by Crippen LogP contribution is -2.28. The lowest BCUT2D eigenvalue weighted by molar-refractivity contribution is -0.202. The van der Waals surface area contributed by atoms with Gasteiger partial charge in [0.25, 0.3) is 0 Å². The standard InChI is InChI=1S/C7H11F3O3/c1-2-3-5(11)4-13-6(12)7(8,9)10/h5,11H,2-4H2,1H3. The van der Waals surface area contributed by atoms with E-state index in [1.54, 1.807) is 6.92 Å². The Labute approximate surface area is 73.5 Å². The van der Waals surface area contributed by atoms with Gasteiger partial charge in [-0.15, -0.1) is 0 Å². The Morgan fingerprint density at radius 1 is 1.54 bits per heavy atom. The van der Waals surface area contributed by atoms with Crippen LogP contribution in [0.4, 0.5) is 13.2 Å². The zero-order chi connectivity index (χ0) is 10.5. The van der Waals surface area contributed by atoms with Crippen LogP contribution in [0.2, 0.25) is 0 Å². The number of carbonyl (C=O) groups excluding carboxylic acids is 1. The van der Waals surface area contributed by atoms with Crippen molar-refractivity contribution in [3.63, 3.8) is 0 Å². The highest BCUT2D eigenvalue weighted by atomic mass is 19.4. The first kappa shape index (κ1) is 12.2. The molecule has 0 saturated carbocycles. The molecule has 0 aliphatic heterocycles. The number of carbonyl (C=O) groups is 1. The number of ether oxygens (including phenoxy) is 1. The number of aliphatic hydroxyl groups is 1. The SMILES string of the molecule is CCCC(O)COC(=O)C(F)(F)F. The molecule has 0 fully saturated rings. The number of halogens is 3. The van der Waals surface area contributed by atoms with E-state index in [0.29, 0.717) is 12.8 Å². The van der Waals surface area contributed by atoms with Crippen LogP contribution < -0.4 is 0 Å². The van der Waals surface area contributed by atoms with E-state index in [1.807, 2.05) is 0 Å². The van der Waals surface area contributed by atoms with E-state index >= 15 is 0 Å². The third-order valence-corrected chi connectivity index (χ3v) is 1.26. The molecule has 0 aromatic carbocycles. The van der Waals surface area contributed by atoms with Crippen LogP contribution in [0.1, 0.15) is 19.8 Å². The molecule has 13 heavy (non-hydrogen) atoms. The second kappa shape index (κ2) is 5.06. The first-order valence-corrected chi connectivity index (χ1v) is 3.80. The van der Waals surface area contributed by atoms with Gasteiger partial charge in [-0.3, -0.25) is 0 Å². The van der Waals surface area contributed by atoms with Crippen molar-refractivity contribution in [1.82, 2.24) is 0 Å². The minimum absolute atomic E-state index is 0.311. The molecule has 0 aromatic rings. The highest BCUT2D eigenvalue weighted by molar-refractivity contribution is 5.75. The molecule has 78 valence electrons. The fraction of sp³-hybridized carbons (Fsp3) is 0.857. The van der Waals surface area contributed by atoms with E-state index in [2.05, 4.69) is 4.74 Å². The van der Waals surface area contributed by atoms with Crippen LogP contribution in [0.15, 0.2) is 0 Å². The summed E-state index contributed by atoms with van der Waals surface area (Å²) in [6.07, 6.45) is -5.07. The normalized spacial score (nSPS) is 13.9. The molecule has 0 aliphatic rings. The molecule has 3 nitrogen and oxygen atoms in total. The largest absolute Gasteiger partial charge is 0.490 e. The Kier molecular flexibility index (Phi) is 4.76. The van der Waals surface area contributed by atoms with Gasteiger partial charge in [0, 0.05) is 0 Å². The van der Waals surface area contributed by atoms with Gasteiger partial charge in [-0.25, -0.2) is 4.79 Å². The molecule has 0 spiro atoms. The van der Waals surface area contributed by atoms with Gasteiger partial charge in [-0.2, -0.15) is 13.2 Å². The quantitative estimate of drug-likeness (QED) is 0.695. The van der Waals surface area contributed by atoms with Crippen LogP contribution in [0.3, 0.4) is 0 Å². The first-order chi connectivity index (χ1) is 5.88. The van der Waals surface area contributed by atoms with Crippen LogP contribution in [0.25, 0.3) is 0 Å². The highest BCUT2D eigenvalue weighted by Gasteiger charge is 2.41. The Morgan fingerprint density at radius 3 is 2.46 bits per heavy atom. The van der Waals surface area contributed by atoms with E-state index < -0.39 is 24.9 Å². The van der Waals surface area contributed by atoms with Gasteiger partial charge in [0.15, 0.2) is 0 Å². The van der Waals surface area contributed by atoms with Crippen molar-refractivity contribution in [3.8, 4) is 0 Å². The van der Waals surface area contributed by atoms with Crippen LogP contribution in [-0.4, -0.2) is 30.0 Å². The summed E-state index contributed by atoms with van der Waals surface area (Å²) in [6, 6.07) is 0. The van der Waals surface area contributed by atoms with E-state index in [1.165, 1.54) is 0 Å². The summed E-state index contributed by atoms with van der Waals surface area (Å²) >= 11 is 0. The third kappa shape index (κ3) is 5.46. The molecule has 0 rings (SSSR count). The molecular weight excluding hydrogens is 189 g/mol. The molecule has 1 unspecified atom stereocenters. The number of rotatable bonds is 4. The first-order valence-electron chi connectivity index (χ1n) is 3.80. The zero-order valence-corrected chi connectivity index (χ0v) is 7.10. The topological polar surface area (TPSA) is 46.5 Å². The summed E-state index contributed by atoms with van der Waals surface area (Å²) in [5, 5.41) is 8.92. The Balaban J connectivity index is 3.71. The molecule has 1 N–H and O–H groups in total. The maximum atomic E-state index is 11.5. The van der Waals surface area contributed by atoms with Crippen molar-refractivity contribution in [3.05, 3.63) is 0 Å². The predicted octanol–water partition coefficient (Wildman–Crippen LogP) is 1.25. The molecule has 6 heteroatoms. The van der Waals surface area contributed by atoms with Crippen LogP contribution in [0, 0.1) is 0 Å². The van der Waals surface area contributed by atoms with Gasteiger partial charge < -0.3 is 9.84 Å². The number of hydrogen-bond acceptors (Lipinski definition) is 3. The fourth-order valence-electron chi connectivity index (χ4n) is 0.670. The lowest BCUT2D eigenvalue weighted by Gasteiger charge is -2.10. The van der Waals surface area contributed by atoms with Crippen molar-refractivity contribution in [2.24, 2.45) is 0 Å². The molecule has 0 heterocycles. The molecule has 1 atom stereocenters. The molecule has 0 saturated heterocycles. The van der Waals surface area contributed by atoms with Crippen molar-refractivity contribution in [2.75, 3.05) is 6.61 Å². The molecule has 0 aliphatic carbocycles. The second-order valence-corrected chi connectivity index (χ2v) is 2.54. The van der Waals surface area contributed by atoms with Crippen molar-refractivity contribution in [1.29, 1.82) is 0 Å². The maximum Gasteiger partial charge on any atom is 0.490 e. The fourth-order valence-corrected chi connectivity index (χ4v) is 0.670. The molecule has 0 aromatic heterocycles. The summed E-state index contributed by atoms with van der Waals surface area (Å²) in [5.41, 5.74) is 0. The summed E-state index contributed by atoms with van der Waals surface area (Å²) in [5.74, 6) is -2.26. The molecule has 0 amide bonds. The molecule has 0 radical (unpaired) electrons. The average molecular weight is 200 g/mol. The predicted molar refractivity (Wildman–Crippen MR) is 37.9 cm³/mol. The number of aliphatic hydroxyl groups excluding tert-OH is 1. The van der Waals surface area contributed by atoms with Crippen molar-refractivity contribution < 1.29 is 27.8 Å². The molecular formula is C7H11F3O3. The van der Waals surface area contributed by atoms with Crippen LogP contribution >= 0.6 is 0 Å². The highest BCUT2D eigenvalue weighted by Crippen LogP contribution is 2.16. The van der Waals surface area contributed by atoms with E-state index in [0.717, 1.165) is 0 Å². The van der Waals surface area contributed by atoms with E-state index in [4.69, 9.17) is 5.11 Å². The van der Waals surface area contributed by atoms with E-state index in [-0.39, 0.29) is 0 Å². The average Bonchev–Trinajstić information content (AvgIpc) is 1.99. The third-order valence-electron chi connectivity index (χ3n) is 1.26. The van der Waals surface area contributed by atoms with Gasteiger partial charge in [-0.05, 0) is 6.42 Å². The van der Waals surface area contributed by atoms with Gasteiger partial charge in [0.1, 0.15) is 6.61 Å². The second-order valence-electron chi connectivity index (χ2n) is 2.54. The van der Waals surface area contributed by atoms with Crippen LogP contribution in [0.5, 0.6) is 0 Å². The van der Waals surface area contributed by atoms with Gasteiger partial charge in [0.05, 0.1) is 6.10 Å². The number of hydrogen-bond donors (Lipinski definition) is 1. The summed E-state index contributed by atoms with van der Waals surface area (Å²) < 4.78 is 38.4. The lowest BCUT2D eigenvalue weighted by atomic mass is 10.2. The summed E-state index contributed by atoms with van der Waals surface area (Å²) in [6.45, 7) is 1.15. The monoisotopic (exact) mass is 200 g/mol. The van der Waals surface area contributed by atoms with E-state index in [9.17, 15) is 18.0 Å². The van der Waals surface area contributed by atoms with Gasteiger partial charge >= 0.3 is 12.1 Å². The Morgan fingerprint density at radius 2 is 2.08 bits per heavy atom. The number of esters is 1. The zero-order valence-electron chi connectivity index (χ0n) is 7.10. The summed E-state index contributed by atoms with van der Waals surface area (Å²) in [7, 11) is 0. The minimum atomic E-state index is -4.98. The smallest absolute Gasteiger partial charge is 0.456 e. The number of alkyl halides is 3. The van der Waals surface area contributed by atoms with Gasteiger partial charge in [0.2, 0.25) is 0 Å². The summed E-state index contributed by atoms with van der Waals surface area (Å²) in [4.78, 5) is 10.1. The van der Waals surface area contributed by atoms with Gasteiger partial charge in [-0.1, -0.05) is 13.3 Å². The minimum Gasteiger partial charge on any atom is -0.456 e. The maximum absolute atomic E-state index is 11.5. The molecule has 0 bridgehead atoms. The van der Waals surface area contributed by atoms with Crippen LogP contribution in [-0.2, 0) is 9.53 Å². The van der Waals surface area contributed by atoms with Crippen molar-refractivity contribution >= 4 is 5.97 Å². The van der Waals surface area contributed by atoms with Crippen molar-refractivity contribution in [2.45, 2.75) is 32.0 Å². The Hall–Kier alpha value is -0.780.